The summed E-state index contributed by atoms with van der Waals surface area (Å²) in [6.07, 6.45) is 1.58. The Morgan fingerprint density at radius 3 is 2.58 bits per heavy atom. The average molecular weight is 272 g/mol. The maximum Gasteiger partial charge on any atom is 0.328 e. The number of methoxy groups -OCH3 is 1. The number of hydrogen-bond acceptors (Lipinski definition) is 4. The number of ether oxygens (including phenoxy) is 1. The Labute approximate surface area is 112 Å². The molecule has 7 nitrogen and oxygen atoms in total. The first-order valence-corrected chi connectivity index (χ1v) is 6.28. The van der Waals surface area contributed by atoms with Crippen LogP contribution in [0.1, 0.15) is 26.2 Å². The van der Waals surface area contributed by atoms with Gasteiger partial charge in [0.1, 0.15) is 12.1 Å². The molecule has 0 aromatic heterocycles. The number of hydrogen-bond donors (Lipinski definition) is 1. The molecule has 0 spiro atoms. The minimum absolute atomic E-state index is 0.314. The van der Waals surface area contributed by atoms with Crippen molar-refractivity contribution in [2.24, 2.45) is 0 Å². The molecule has 0 aliphatic carbocycles. The third kappa shape index (κ3) is 3.15. The van der Waals surface area contributed by atoms with Crippen LogP contribution >= 0.6 is 0 Å². The number of carboxylic acids is 1. The van der Waals surface area contributed by atoms with Crippen molar-refractivity contribution < 1.29 is 24.2 Å². The zero-order chi connectivity index (χ0) is 14.6. The smallest absolute Gasteiger partial charge is 0.328 e. The normalized spacial score (nSPS) is 19.9. The Hall–Kier alpha value is -1.79. The second-order valence-electron chi connectivity index (χ2n) is 4.53. The Bertz CT molecular complexity index is 371. The van der Waals surface area contributed by atoms with Crippen molar-refractivity contribution in [2.45, 2.75) is 38.3 Å². The fourth-order valence-corrected chi connectivity index (χ4v) is 2.33. The van der Waals surface area contributed by atoms with Crippen LogP contribution in [-0.4, -0.2) is 65.7 Å². The summed E-state index contributed by atoms with van der Waals surface area (Å²) >= 11 is 0. The molecule has 2 amide bonds. The van der Waals surface area contributed by atoms with Gasteiger partial charge in [-0.05, 0) is 19.3 Å². The fraction of sp³-hybridized carbons (Fsp3) is 0.750. The van der Waals surface area contributed by atoms with E-state index in [0.717, 1.165) is 0 Å². The van der Waals surface area contributed by atoms with Gasteiger partial charge in [0.25, 0.3) is 0 Å². The third-order valence-electron chi connectivity index (χ3n) is 3.41. The zero-order valence-electron chi connectivity index (χ0n) is 11.5. The number of nitrogens with zero attached hydrogens (tertiary/aromatic N) is 2. The number of esters is 1. The second kappa shape index (κ2) is 6.40. The zero-order valence-corrected chi connectivity index (χ0v) is 11.5. The van der Waals surface area contributed by atoms with Gasteiger partial charge < -0.3 is 19.6 Å². The Morgan fingerprint density at radius 1 is 1.47 bits per heavy atom. The topological polar surface area (TPSA) is 87.2 Å². The molecule has 1 fully saturated rings. The van der Waals surface area contributed by atoms with Crippen LogP contribution in [0.3, 0.4) is 0 Å². The number of likely N-dealkylation sites (N-methyl/N-ethyl adjacent to an activating group) is 1. The molecular formula is C12H20N2O5. The standard InChI is InChI=1S/C12H20N2O5/c1-4-8(10(15)16)13(2)12(18)14-7-5-6-9(14)11(17)19-3/h8-9H,4-7H2,1-3H3,(H,15,16). The highest BCUT2D eigenvalue weighted by Gasteiger charge is 2.38. The Morgan fingerprint density at radius 2 is 2.11 bits per heavy atom. The molecule has 1 saturated heterocycles. The van der Waals surface area contributed by atoms with E-state index in [0.29, 0.717) is 25.8 Å². The van der Waals surface area contributed by atoms with Crippen molar-refractivity contribution in [2.75, 3.05) is 20.7 Å². The molecule has 0 bridgehead atoms. The van der Waals surface area contributed by atoms with Gasteiger partial charge in [-0.2, -0.15) is 0 Å². The molecule has 2 atom stereocenters. The van der Waals surface area contributed by atoms with E-state index in [1.165, 1.54) is 24.0 Å². The Kier molecular flexibility index (Phi) is 5.14. The van der Waals surface area contributed by atoms with Crippen LogP contribution in [0.25, 0.3) is 0 Å². The van der Waals surface area contributed by atoms with Crippen molar-refractivity contribution in [3.8, 4) is 0 Å². The molecule has 2 unspecified atom stereocenters. The predicted octanol–water partition coefficient (Wildman–Crippen LogP) is 0.539. The number of urea groups is 1. The van der Waals surface area contributed by atoms with Gasteiger partial charge in [0, 0.05) is 13.6 Å². The molecule has 1 aliphatic heterocycles. The lowest BCUT2D eigenvalue weighted by molar-refractivity contribution is -0.145. The minimum atomic E-state index is -1.05. The van der Waals surface area contributed by atoms with Crippen molar-refractivity contribution in [1.29, 1.82) is 0 Å². The van der Waals surface area contributed by atoms with Crippen LogP contribution in [0.15, 0.2) is 0 Å². The number of carboxylic acid groups (broad SMARTS) is 1. The lowest BCUT2D eigenvalue weighted by Crippen LogP contribution is -2.51. The number of rotatable bonds is 4. The second-order valence-corrected chi connectivity index (χ2v) is 4.53. The number of carbonyl (C=O) groups excluding carboxylic acids is 2. The number of likely N-dealkylation sites (tertiary alicyclic amines) is 1. The monoisotopic (exact) mass is 272 g/mol. The van der Waals surface area contributed by atoms with Crippen LogP contribution in [0.5, 0.6) is 0 Å². The molecule has 108 valence electrons. The molecule has 1 heterocycles. The maximum absolute atomic E-state index is 12.3. The molecule has 19 heavy (non-hydrogen) atoms. The van der Waals surface area contributed by atoms with Gasteiger partial charge in [-0.25, -0.2) is 14.4 Å². The lowest BCUT2D eigenvalue weighted by atomic mass is 10.2. The highest BCUT2D eigenvalue weighted by atomic mass is 16.5. The minimum Gasteiger partial charge on any atom is -0.480 e. The van der Waals surface area contributed by atoms with Crippen molar-refractivity contribution in [1.82, 2.24) is 9.80 Å². The van der Waals surface area contributed by atoms with E-state index in [-0.39, 0.29) is 0 Å². The van der Waals surface area contributed by atoms with Crippen molar-refractivity contribution in [3.05, 3.63) is 0 Å². The molecule has 0 aromatic carbocycles. The van der Waals surface area contributed by atoms with Gasteiger partial charge in [-0.1, -0.05) is 6.92 Å². The van der Waals surface area contributed by atoms with Crippen molar-refractivity contribution in [3.63, 3.8) is 0 Å². The molecule has 0 aromatic rings. The number of aliphatic carboxylic acids is 1. The lowest BCUT2D eigenvalue weighted by Gasteiger charge is -2.31. The van der Waals surface area contributed by atoms with E-state index >= 15 is 0 Å². The summed E-state index contributed by atoms with van der Waals surface area (Å²) in [5, 5.41) is 9.05. The van der Waals surface area contributed by atoms with Crippen LogP contribution in [0, 0.1) is 0 Å². The van der Waals surface area contributed by atoms with Gasteiger partial charge in [0.15, 0.2) is 0 Å². The highest BCUT2D eigenvalue weighted by molar-refractivity contribution is 5.87. The van der Waals surface area contributed by atoms with Crippen LogP contribution in [-0.2, 0) is 14.3 Å². The number of carbonyl (C=O) groups is 3. The number of amides is 2. The summed E-state index contributed by atoms with van der Waals surface area (Å²) in [6, 6.07) is -1.93. The van der Waals surface area contributed by atoms with Gasteiger partial charge in [-0.15, -0.1) is 0 Å². The van der Waals surface area contributed by atoms with Gasteiger partial charge in [0.05, 0.1) is 7.11 Å². The first-order valence-electron chi connectivity index (χ1n) is 6.28. The molecular weight excluding hydrogens is 252 g/mol. The van der Waals surface area contributed by atoms with Gasteiger partial charge in [-0.3, -0.25) is 0 Å². The molecule has 0 saturated carbocycles. The maximum atomic E-state index is 12.3. The first kappa shape index (κ1) is 15.3. The third-order valence-corrected chi connectivity index (χ3v) is 3.41. The molecule has 1 rings (SSSR count). The van der Waals surface area contributed by atoms with Crippen molar-refractivity contribution >= 4 is 18.0 Å². The summed E-state index contributed by atoms with van der Waals surface area (Å²) in [6.45, 7) is 2.14. The van der Waals surface area contributed by atoms with E-state index in [2.05, 4.69) is 4.74 Å². The fourth-order valence-electron chi connectivity index (χ4n) is 2.33. The SMILES string of the molecule is CCC(C(=O)O)N(C)C(=O)N1CCCC1C(=O)OC. The first-order chi connectivity index (χ1) is 8.93. The van der Waals surface area contributed by atoms with Crippen LogP contribution < -0.4 is 0 Å². The summed E-state index contributed by atoms with van der Waals surface area (Å²) in [5.41, 5.74) is 0. The van der Waals surface area contributed by atoms with E-state index in [1.807, 2.05) is 0 Å². The van der Waals surface area contributed by atoms with Crippen LogP contribution in [0.4, 0.5) is 4.79 Å². The van der Waals surface area contributed by atoms with E-state index in [9.17, 15) is 14.4 Å². The van der Waals surface area contributed by atoms with E-state index in [1.54, 1.807) is 6.92 Å². The summed E-state index contributed by atoms with van der Waals surface area (Å²) in [4.78, 5) is 37.5. The van der Waals surface area contributed by atoms with Crippen LogP contribution in [0.2, 0.25) is 0 Å². The quantitative estimate of drug-likeness (QED) is 0.755. The van der Waals surface area contributed by atoms with Gasteiger partial charge in [0.2, 0.25) is 0 Å². The Balaban J connectivity index is 2.81. The summed E-state index contributed by atoms with van der Waals surface area (Å²) < 4.78 is 4.66. The van der Waals surface area contributed by atoms with E-state index < -0.39 is 30.1 Å². The molecule has 1 N–H and O–H groups in total. The molecule has 0 radical (unpaired) electrons. The molecule has 7 heteroatoms. The van der Waals surface area contributed by atoms with E-state index in [4.69, 9.17) is 5.11 Å². The summed E-state index contributed by atoms with van der Waals surface area (Å²) in [7, 11) is 2.72. The average Bonchev–Trinajstić information content (AvgIpc) is 2.86. The molecule has 1 aliphatic rings. The predicted molar refractivity (Wildman–Crippen MR) is 66.6 cm³/mol. The highest BCUT2D eigenvalue weighted by Crippen LogP contribution is 2.21. The largest absolute Gasteiger partial charge is 0.480 e. The summed E-state index contributed by atoms with van der Waals surface area (Å²) in [5.74, 6) is -1.50. The van der Waals surface area contributed by atoms with Gasteiger partial charge >= 0.3 is 18.0 Å².